The van der Waals surface area contributed by atoms with Gasteiger partial charge in [0.2, 0.25) is 5.91 Å². The molecule has 2 rings (SSSR count). The molecule has 1 atom stereocenters. The molecule has 0 aliphatic heterocycles. The lowest BCUT2D eigenvalue weighted by Gasteiger charge is -2.24. The molecule has 7 nitrogen and oxygen atoms in total. The van der Waals surface area contributed by atoms with Gasteiger partial charge in [0.05, 0.1) is 0 Å². The number of aryl methyl sites for hydroxylation is 1. The van der Waals surface area contributed by atoms with Crippen molar-refractivity contribution >= 4 is 5.91 Å². The first kappa shape index (κ1) is 17.0. The summed E-state index contributed by atoms with van der Waals surface area (Å²) in [5, 5.41) is 14.4. The number of halogens is 1. The van der Waals surface area contributed by atoms with Crippen molar-refractivity contribution in [1.82, 2.24) is 30.4 Å². The maximum atomic E-state index is 13.4. The van der Waals surface area contributed by atoms with Crippen LogP contribution in [0.3, 0.4) is 0 Å². The molecule has 0 aliphatic rings. The van der Waals surface area contributed by atoms with E-state index < -0.39 is 6.04 Å². The highest BCUT2D eigenvalue weighted by atomic mass is 19.1. The number of nitrogens with one attached hydrogen (secondary N) is 1. The Morgan fingerprint density at radius 3 is 2.87 bits per heavy atom. The van der Waals surface area contributed by atoms with Crippen molar-refractivity contribution in [3.8, 4) is 0 Å². The average molecular weight is 320 g/mol. The zero-order chi connectivity index (χ0) is 16.8. The third kappa shape index (κ3) is 4.32. The van der Waals surface area contributed by atoms with Gasteiger partial charge in [-0.2, -0.15) is 0 Å². The third-order valence-electron chi connectivity index (χ3n) is 3.63. The maximum absolute atomic E-state index is 13.4. The Bertz CT molecular complexity index is 659. The monoisotopic (exact) mass is 320 g/mol. The van der Waals surface area contributed by atoms with Crippen LogP contribution in [-0.4, -0.2) is 58.2 Å². The first-order valence-electron chi connectivity index (χ1n) is 7.41. The largest absolute Gasteiger partial charge is 0.343 e. The minimum Gasteiger partial charge on any atom is -0.343 e. The molecule has 2 aromatic rings. The van der Waals surface area contributed by atoms with Gasteiger partial charge >= 0.3 is 0 Å². The lowest BCUT2D eigenvalue weighted by molar-refractivity contribution is -0.133. The number of hydrogen-bond acceptors (Lipinski definition) is 5. The number of aromatic nitrogens is 4. The van der Waals surface area contributed by atoms with Crippen molar-refractivity contribution in [2.75, 3.05) is 27.2 Å². The van der Waals surface area contributed by atoms with Crippen LogP contribution >= 0.6 is 0 Å². The first-order valence-corrected chi connectivity index (χ1v) is 7.41. The normalized spacial score (nSPS) is 12.2. The van der Waals surface area contributed by atoms with E-state index >= 15 is 0 Å². The number of benzene rings is 1. The fraction of sp³-hybridized carbons (Fsp3) is 0.467. The molecule has 23 heavy (non-hydrogen) atoms. The summed E-state index contributed by atoms with van der Waals surface area (Å²) >= 11 is 0. The molecule has 0 fully saturated rings. The van der Waals surface area contributed by atoms with E-state index in [1.54, 1.807) is 31.0 Å². The summed E-state index contributed by atoms with van der Waals surface area (Å²) in [4.78, 5) is 14.4. The van der Waals surface area contributed by atoms with Gasteiger partial charge in [-0.25, -0.2) is 9.07 Å². The highest BCUT2D eigenvalue weighted by molar-refractivity contribution is 5.80. The number of carbonyl (C=O) groups excluding carboxylic acids is 1. The molecular formula is C15H21FN6O. The molecule has 1 heterocycles. The van der Waals surface area contributed by atoms with Crippen molar-refractivity contribution in [2.45, 2.75) is 19.4 Å². The van der Waals surface area contributed by atoms with E-state index in [9.17, 15) is 9.18 Å². The SMILES string of the molecule is CNCCN(C)C(=O)C(Cc1cccc(F)c1)n1nnnc1C. The summed E-state index contributed by atoms with van der Waals surface area (Å²) in [6.07, 6.45) is 0.326. The molecule has 0 saturated carbocycles. The molecule has 0 aliphatic carbocycles. The summed E-state index contributed by atoms with van der Waals surface area (Å²) in [5.74, 6) is 0.104. The Hall–Kier alpha value is -2.35. The van der Waals surface area contributed by atoms with Gasteiger partial charge in [0.15, 0.2) is 0 Å². The molecule has 8 heteroatoms. The van der Waals surface area contributed by atoms with Gasteiger partial charge in [-0.05, 0) is 42.1 Å². The summed E-state index contributed by atoms with van der Waals surface area (Å²) in [6, 6.07) is 5.61. The summed E-state index contributed by atoms with van der Waals surface area (Å²) in [5.41, 5.74) is 0.722. The molecule has 0 radical (unpaired) electrons. The first-order chi connectivity index (χ1) is 11.0. The summed E-state index contributed by atoms with van der Waals surface area (Å²) in [7, 11) is 3.56. The van der Waals surface area contributed by atoms with Crippen LogP contribution in [0.4, 0.5) is 4.39 Å². The molecular weight excluding hydrogens is 299 g/mol. The van der Waals surface area contributed by atoms with Gasteiger partial charge in [-0.1, -0.05) is 12.1 Å². The molecule has 1 unspecified atom stereocenters. The Kier molecular flexibility index (Phi) is 5.75. The quantitative estimate of drug-likeness (QED) is 0.808. The Labute approximate surface area is 134 Å². The van der Waals surface area contributed by atoms with E-state index in [-0.39, 0.29) is 11.7 Å². The molecule has 0 spiro atoms. The van der Waals surface area contributed by atoms with Gasteiger partial charge in [0.1, 0.15) is 17.7 Å². The highest BCUT2D eigenvalue weighted by Crippen LogP contribution is 2.18. The van der Waals surface area contributed by atoms with E-state index in [2.05, 4.69) is 20.8 Å². The van der Waals surface area contributed by atoms with E-state index in [0.29, 0.717) is 25.3 Å². The Morgan fingerprint density at radius 2 is 2.26 bits per heavy atom. The zero-order valence-electron chi connectivity index (χ0n) is 13.5. The van der Waals surface area contributed by atoms with Crippen LogP contribution in [0.5, 0.6) is 0 Å². The lowest BCUT2D eigenvalue weighted by Crippen LogP contribution is -2.39. The fourth-order valence-corrected chi connectivity index (χ4v) is 2.34. The number of nitrogens with zero attached hydrogens (tertiary/aromatic N) is 5. The molecule has 124 valence electrons. The molecule has 0 bridgehead atoms. The smallest absolute Gasteiger partial charge is 0.247 e. The Morgan fingerprint density at radius 1 is 1.48 bits per heavy atom. The van der Waals surface area contributed by atoms with Crippen molar-refractivity contribution in [1.29, 1.82) is 0 Å². The number of hydrogen-bond donors (Lipinski definition) is 1. The molecule has 1 aromatic carbocycles. The van der Waals surface area contributed by atoms with Crippen molar-refractivity contribution in [3.05, 3.63) is 41.5 Å². The second-order valence-electron chi connectivity index (χ2n) is 5.38. The minimum absolute atomic E-state index is 0.111. The topological polar surface area (TPSA) is 75.9 Å². The van der Waals surface area contributed by atoms with Crippen LogP contribution in [0.15, 0.2) is 24.3 Å². The second kappa shape index (κ2) is 7.77. The zero-order valence-corrected chi connectivity index (χ0v) is 13.5. The second-order valence-corrected chi connectivity index (χ2v) is 5.38. The summed E-state index contributed by atoms with van der Waals surface area (Å²) < 4.78 is 14.9. The van der Waals surface area contributed by atoms with E-state index in [1.165, 1.54) is 16.8 Å². The fourth-order valence-electron chi connectivity index (χ4n) is 2.34. The number of carbonyl (C=O) groups is 1. The predicted octanol–water partition coefficient (Wildman–Crippen LogP) is 0.582. The van der Waals surface area contributed by atoms with Crippen LogP contribution < -0.4 is 5.32 Å². The number of tetrazole rings is 1. The molecule has 1 N–H and O–H groups in total. The summed E-state index contributed by atoms with van der Waals surface area (Å²) in [6.45, 7) is 2.99. The minimum atomic E-state index is -0.603. The highest BCUT2D eigenvalue weighted by Gasteiger charge is 2.27. The number of likely N-dealkylation sites (N-methyl/N-ethyl adjacent to an activating group) is 2. The molecule has 0 saturated heterocycles. The predicted molar refractivity (Wildman–Crippen MR) is 83.3 cm³/mol. The van der Waals surface area contributed by atoms with Gasteiger partial charge < -0.3 is 10.2 Å². The van der Waals surface area contributed by atoms with Gasteiger partial charge in [0.25, 0.3) is 0 Å². The van der Waals surface area contributed by atoms with Gasteiger partial charge in [-0.3, -0.25) is 4.79 Å². The number of amides is 1. The van der Waals surface area contributed by atoms with E-state index in [0.717, 1.165) is 5.56 Å². The van der Waals surface area contributed by atoms with Gasteiger partial charge in [-0.15, -0.1) is 5.10 Å². The Balaban J connectivity index is 2.25. The van der Waals surface area contributed by atoms with E-state index in [1.807, 2.05) is 7.05 Å². The van der Waals surface area contributed by atoms with Crippen LogP contribution in [0.25, 0.3) is 0 Å². The molecule has 1 amide bonds. The van der Waals surface area contributed by atoms with E-state index in [4.69, 9.17) is 0 Å². The van der Waals surface area contributed by atoms with Crippen molar-refractivity contribution < 1.29 is 9.18 Å². The third-order valence-corrected chi connectivity index (χ3v) is 3.63. The number of rotatable bonds is 7. The standard InChI is InChI=1S/C15H21FN6O/c1-11-18-19-20-22(11)14(15(23)21(3)8-7-17-2)10-12-5-4-6-13(16)9-12/h4-6,9,14,17H,7-8,10H2,1-3H3. The maximum Gasteiger partial charge on any atom is 0.247 e. The molecule has 1 aromatic heterocycles. The van der Waals surface area contributed by atoms with Crippen LogP contribution in [0.2, 0.25) is 0 Å². The van der Waals surface area contributed by atoms with Gasteiger partial charge in [0, 0.05) is 26.6 Å². The van der Waals surface area contributed by atoms with Crippen molar-refractivity contribution in [2.24, 2.45) is 0 Å². The average Bonchev–Trinajstić information content (AvgIpc) is 2.95. The van der Waals surface area contributed by atoms with Crippen LogP contribution in [-0.2, 0) is 11.2 Å². The van der Waals surface area contributed by atoms with Crippen molar-refractivity contribution in [3.63, 3.8) is 0 Å². The van der Waals surface area contributed by atoms with Crippen LogP contribution in [0, 0.1) is 12.7 Å². The van der Waals surface area contributed by atoms with Crippen LogP contribution in [0.1, 0.15) is 17.4 Å². The lowest BCUT2D eigenvalue weighted by atomic mass is 10.0.